The molecule has 1 aromatic carbocycles. The van der Waals surface area contributed by atoms with E-state index in [1.54, 1.807) is 13.8 Å². The third kappa shape index (κ3) is 6.53. The Labute approximate surface area is 170 Å². The minimum Gasteiger partial charge on any atom is -0.452 e. The van der Waals surface area contributed by atoms with Crippen LogP contribution in [-0.2, 0) is 19.6 Å². The normalized spacial score (nSPS) is 15.7. The van der Waals surface area contributed by atoms with Crippen LogP contribution < -0.4 is 10.6 Å². The molecule has 1 aliphatic rings. The van der Waals surface area contributed by atoms with E-state index >= 15 is 0 Å². The van der Waals surface area contributed by atoms with Crippen LogP contribution in [0.25, 0.3) is 0 Å². The Hall–Kier alpha value is -2.46. The summed E-state index contributed by atoms with van der Waals surface area (Å²) < 4.78 is 31.7. The minimum atomic E-state index is -3.60. The number of esters is 1. The monoisotopic (exact) mass is 425 g/mol. The van der Waals surface area contributed by atoms with E-state index in [4.69, 9.17) is 4.74 Å². The number of amides is 3. The summed E-state index contributed by atoms with van der Waals surface area (Å²) in [7, 11) is -3.60. The predicted molar refractivity (Wildman–Crippen MR) is 106 cm³/mol. The van der Waals surface area contributed by atoms with Crippen LogP contribution in [0.15, 0.2) is 29.2 Å². The standard InChI is InChI=1S/C19H27N3O6S/c1-13(2)20-19(25)21-17(23)12-28-18(24)15-4-6-16(7-5-15)29(26,27)22-10-8-14(3)9-11-22/h4-7,13-14H,8-12H2,1-3H3,(H2,20,21,23,25). The van der Waals surface area contributed by atoms with Crippen LogP contribution in [0, 0.1) is 5.92 Å². The largest absolute Gasteiger partial charge is 0.452 e. The summed E-state index contributed by atoms with van der Waals surface area (Å²) in [6, 6.07) is 4.55. The van der Waals surface area contributed by atoms with Crippen molar-refractivity contribution in [2.45, 2.75) is 44.6 Å². The Morgan fingerprint density at radius 2 is 1.72 bits per heavy atom. The van der Waals surface area contributed by atoms with Crippen molar-refractivity contribution in [2.75, 3.05) is 19.7 Å². The average Bonchev–Trinajstić information content (AvgIpc) is 2.66. The minimum absolute atomic E-state index is 0.103. The van der Waals surface area contributed by atoms with Crippen LogP contribution in [0.4, 0.5) is 4.79 Å². The maximum Gasteiger partial charge on any atom is 0.338 e. The zero-order valence-electron chi connectivity index (χ0n) is 16.8. The Morgan fingerprint density at radius 1 is 1.14 bits per heavy atom. The highest BCUT2D eigenvalue weighted by atomic mass is 32.2. The quantitative estimate of drug-likeness (QED) is 0.666. The van der Waals surface area contributed by atoms with Crippen LogP contribution in [0.3, 0.4) is 0 Å². The smallest absolute Gasteiger partial charge is 0.338 e. The molecule has 2 rings (SSSR count). The van der Waals surface area contributed by atoms with Crippen molar-refractivity contribution in [3.63, 3.8) is 0 Å². The topological polar surface area (TPSA) is 122 Å². The fourth-order valence-corrected chi connectivity index (χ4v) is 4.28. The van der Waals surface area contributed by atoms with Crippen molar-refractivity contribution < 1.29 is 27.5 Å². The third-order valence-electron chi connectivity index (χ3n) is 4.48. The van der Waals surface area contributed by atoms with Gasteiger partial charge < -0.3 is 10.1 Å². The van der Waals surface area contributed by atoms with Crippen molar-refractivity contribution in [1.82, 2.24) is 14.9 Å². The third-order valence-corrected chi connectivity index (χ3v) is 6.39. The van der Waals surface area contributed by atoms with Crippen molar-refractivity contribution in [3.05, 3.63) is 29.8 Å². The Bertz CT molecular complexity index is 843. The fraction of sp³-hybridized carbons (Fsp3) is 0.526. The number of ether oxygens (including phenoxy) is 1. The highest BCUT2D eigenvalue weighted by Crippen LogP contribution is 2.23. The molecule has 0 spiro atoms. The molecule has 0 aliphatic carbocycles. The molecular formula is C19H27N3O6S. The van der Waals surface area contributed by atoms with E-state index < -0.39 is 34.5 Å². The van der Waals surface area contributed by atoms with E-state index in [9.17, 15) is 22.8 Å². The summed E-state index contributed by atoms with van der Waals surface area (Å²) in [5.41, 5.74) is 0.107. The summed E-state index contributed by atoms with van der Waals surface area (Å²) in [6.45, 7) is 5.90. The van der Waals surface area contributed by atoms with Crippen molar-refractivity contribution in [2.24, 2.45) is 5.92 Å². The first kappa shape index (κ1) is 22.8. The van der Waals surface area contributed by atoms with Gasteiger partial charge in [0.2, 0.25) is 10.0 Å². The molecule has 0 radical (unpaired) electrons. The van der Waals surface area contributed by atoms with Gasteiger partial charge in [-0.25, -0.2) is 18.0 Å². The van der Waals surface area contributed by atoms with Gasteiger partial charge in [-0.2, -0.15) is 4.31 Å². The summed E-state index contributed by atoms with van der Waals surface area (Å²) in [5.74, 6) is -1.05. The first-order valence-electron chi connectivity index (χ1n) is 9.47. The second kappa shape index (κ2) is 9.84. The zero-order chi connectivity index (χ0) is 21.6. The number of imide groups is 1. The molecule has 3 amide bonds. The SMILES string of the molecule is CC1CCN(S(=O)(=O)c2ccc(C(=O)OCC(=O)NC(=O)NC(C)C)cc2)CC1. The summed E-state index contributed by atoms with van der Waals surface area (Å²) in [4.78, 5) is 35.2. The van der Waals surface area contributed by atoms with E-state index in [1.807, 2.05) is 5.32 Å². The summed E-state index contributed by atoms with van der Waals surface area (Å²) in [5, 5.41) is 4.51. The highest BCUT2D eigenvalue weighted by Gasteiger charge is 2.28. The van der Waals surface area contributed by atoms with E-state index in [1.165, 1.54) is 28.6 Å². The number of nitrogens with zero attached hydrogens (tertiary/aromatic N) is 1. The molecule has 10 heteroatoms. The van der Waals surface area contributed by atoms with Crippen LogP contribution in [-0.4, -0.2) is 56.4 Å². The van der Waals surface area contributed by atoms with Crippen molar-refractivity contribution in [1.29, 1.82) is 0 Å². The molecule has 0 saturated carbocycles. The highest BCUT2D eigenvalue weighted by molar-refractivity contribution is 7.89. The molecule has 1 fully saturated rings. The molecule has 0 unspecified atom stereocenters. The maximum atomic E-state index is 12.7. The van der Waals surface area contributed by atoms with Gasteiger partial charge in [0.15, 0.2) is 6.61 Å². The molecule has 29 heavy (non-hydrogen) atoms. The van der Waals surface area contributed by atoms with Gasteiger partial charge in [0.05, 0.1) is 10.5 Å². The molecule has 1 saturated heterocycles. The van der Waals surface area contributed by atoms with Crippen LogP contribution >= 0.6 is 0 Å². The second-order valence-corrected chi connectivity index (χ2v) is 9.30. The molecular weight excluding hydrogens is 398 g/mol. The lowest BCUT2D eigenvalue weighted by Gasteiger charge is -2.29. The Kier molecular flexibility index (Phi) is 7.74. The molecule has 1 aliphatic heterocycles. The number of carbonyl (C=O) groups excluding carboxylic acids is 3. The van der Waals surface area contributed by atoms with E-state index in [2.05, 4.69) is 12.2 Å². The first-order valence-corrected chi connectivity index (χ1v) is 10.9. The lowest BCUT2D eigenvalue weighted by Crippen LogP contribution is -2.44. The zero-order valence-corrected chi connectivity index (χ0v) is 17.6. The van der Waals surface area contributed by atoms with Gasteiger partial charge in [-0.05, 0) is 56.9 Å². The lowest BCUT2D eigenvalue weighted by atomic mass is 10.0. The average molecular weight is 426 g/mol. The second-order valence-electron chi connectivity index (χ2n) is 7.36. The van der Waals surface area contributed by atoms with Gasteiger partial charge in [-0.3, -0.25) is 10.1 Å². The van der Waals surface area contributed by atoms with Gasteiger partial charge in [0.25, 0.3) is 5.91 Å². The predicted octanol–water partition coefficient (Wildman–Crippen LogP) is 1.50. The maximum absolute atomic E-state index is 12.7. The van der Waals surface area contributed by atoms with Crippen LogP contribution in [0.5, 0.6) is 0 Å². The van der Waals surface area contributed by atoms with E-state index in [0.29, 0.717) is 19.0 Å². The van der Waals surface area contributed by atoms with Gasteiger partial charge in [-0.15, -0.1) is 0 Å². The summed E-state index contributed by atoms with van der Waals surface area (Å²) >= 11 is 0. The number of hydrogen-bond donors (Lipinski definition) is 2. The molecule has 0 atom stereocenters. The molecule has 0 aromatic heterocycles. The number of carbonyl (C=O) groups is 3. The van der Waals surface area contributed by atoms with Gasteiger partial charge in [0, 0.05) is 19.1 Å². The van der Waals surface area contributed by atoms with Crippen molar-refractivity contribution in [3.8, 4) is 0 Å². The van der Waals surface area contributed by atoms with E-state index in [-0.39, 0.29) is 16.5 Å². The molecule has 2 N–H and O–H groups in total. The molecule has 1 aromatic rings. The Morgan fingerprint density at radius 3 is 2.28 bits per heavy atom. The van der Waals surface area contributed by atoms with Gasteiger partial charge >= 0.3 is 12.0 Å². The number of hydrogen-bond acceptors (Lipinski definition) is 6. The number of rotatable bonds is 6. The summed E-state index contributed by atoms with van der Waals surface area (Å²) in [6.07, 6.45) is 1.64. The number of nitrogens with one attached hydrogen (secondary N) is 2. The molecule has 0 bridgehead atoms. The molecule has 9 nitrogen and oxygen atoms in total. The number of urea groups is 1. The number of sulfonamides is 1. The fourth-order valence-electron chi connectivity index (χ4n) is 2.81. The van der Waals surface area contributed by atoms with Crippen LogP contribution in [0.1, 0.15) is 44.0 Å². The lowest BCUT2D eigenvalue weighted by molar-refractivity contribution is -0.123. The van der Waals surface area contributed by atoms with Gasteiger partial charge in [0.1, 0.15) is 0 Å². The number of benzene rings is 1. The van der Waals surface area contributed by atoms with Crippen molar-refractivity contribution >= 4 is 27.9 Å². The molecule has 1 heterocycles. The van der Waals surface area contributed by atoms with E-state index in [0.717, 1.165) is 12.8 Å². The van der Waals surface area contributed by atoms with Gasteiger partial charge in [-0.1, -0.05) is 6.92 Å². The van der Waals surface area contributed by atoms with Crippen LogP contribution in [0.2, 0.25) is 0 Å². The Balaban J connectivity index is 1.91. The first-order chi connectivity index (χ1) is 13.6. The number of piperidine rings is 1. The molecule has 160 valence electrons.